The van der Waals surface area contributed by atoms with Gasteiger partial charge in [-0.3, -0.25) is 14.8 Å². The fourth-order valence-corrected chi connectivity index (χ4v) is 2.68. The summed E-state index contributed by atoms with van der Waals surface area (Å²) in [7, 11) is 1.85. The zero-order valence-corrected chi connectivity index (χ0v) is 14.2. The van der Waals surface area contributed by atoms with E-state index in [0.717, 1.165) is 16.6 Å². The molecule has 0 saturated heterocycles. The van der Waals surface area contributed by atoms with E-state index in [9.17, 15) is 14.9 Å². The molecule has 2 N–H and O–H groups in total. The number of amides is 2. The first-order valence-corrected chi connectivity index (χ1v) is 7.67. The van der Waals surface area contributed by atoms with Crippen LogP contribution in [0.25, 0.3) is 10.9 Å². The number of carbonyl (C=O) groups excluding carboxylic acids is 1. The Bertz CT molecular complexity index is 999. The third-order valence-electron chi connectivity index (χ3n) is 3.74. The molecule has 25 heavy (non-hydrogen) atoms. The third kappa shape index (κ3) is 3.53. The number of nitrogens with zero attached hydrogens (tertiary/aromatic N) is 3. The van der Waals surface area contributed by atoms with Gasteiger partial charge in [0.1, 0.15) is 0 Å². The standard InChI is InChI=1S/C16H14ClN5O3/c1-9-14-4-3-11(8-15(14)20-21(9)2)18-16(23)19-12-5-10(17)6-13(7-12)22(24)25/h3-8H,1-2H3,(H2,18,19,23). The number of urea groups is 1. The van der Waals surface area contributed by atoms with Crippen molar-refractivity contribution in [1.82, 2.24) is 9.78 Å². The second-order valence-electron chi connectivity index (χ2n) is 5.48. The van der Waals surface area contributed by atoms with E-state index in [4.69, 9.17) is 11.6 Å². The largest absolute Gasteiger partial charge is 0.323 e. The number of benzene rings is 2. The molecule has 1 aromatic heterocycles. The number of non-ortho nitro benzene ring substituents is 1. The zero-order chi connectivity index (χ0) is 18.1. The third-order valence-corrected chi connectivity index (χ3v) is 3.96. The fraction of sp³-hybridized carbons (Fsp3) is 0.125. The number of halogens is 1. The molecular formula is C16H14ClN5O3. The van der Waals surface area contributed by atoms with Gasteiger partial charge in [-0.15, -0.1) is 0 Å². The van der Waals surface area contributed by atoms with Gasteiger partial charge in [-0.2, -0.15) is 5.10 Å². The van der Waals surface area contributed by atoms with Crippen LogP contribution in [0.3, 0.4) is 0 Å². The minimum Gasteiger partial charge on any atom is -0.308 e. The van der Waals surface area contributed by atoms with Crippen molar-refractivity contribution in [1.29, 1.82) is 0 Å². The monoisotopic (exact) mass is 359 g/mol. The summed E-state index contributed by atoms with van der Waals surface area (Å²) in [6.07, 6.45) is 0. The van der Waals surface area contributed by atoms with E-state index in [2.05, 4.69) is 15.7 Å². The number of nitrogens with one attached hydrogen (secondary N) is 2. The van der Waals surface area contributed by atoms with Crippen molar-refractivity contribution in [3.63, 3.8) is 0 Å². The first kappa shape index (κ1) is 16.7. The fourth-order valence-electron chi connectivity index (χ4n) is 2.45. The van der Waals surface area contributed by atoms with Crippen molar-refractivity contribution in [3.8, 4) is 0 Å². The van der Waals surface area contributed by atoms with Gasteiger partial charge in [-0.1, -0.05) is 11.6 Å². The summed E-state index contributed by atoms with van der Waals surface area (Å²) in [5.74, 6) is 0. The molecule has 0 aliphatic heterocycles. The maximum absolute atomic E-state index is 12.1. The lowest BCUT2D eigenvalue weighted by molar-refractivity contribution is -0.384. The molecule has 8 nitrogen and oxygen atoms in total. The molecule has 9 heteroatoms. The quantitative estimate of drug-likeness (QED) is 0.543. The highest BCUT2D eigenvalue weighted by Crippen LogP contribution is 2.25. The number of rotatable bonds is 3. The van der Waals surface area contributed by atoms with Crippen molar-refractivity contribution in [2.75, 3.05) is 10.6 Å². The molecular weight excluding hydrogens is 346 g/mol. The Labute approximate surface area is 147 Å². The summed E-state index contributed by atoms with van der Waals surface area (Å²) in [4.78, 5) is 22.4. The van der Waals surface area contributed by atoms with Crippen molar-refractivity contribution in [3.05, 3.63) is 57.2 Å². The number of carbonyl (C=O) groups is 1. The molecule has 0 spiro atoms. The second-order valence-corrected chi connectivity index (χ2v) is 5.91. The summed E-state index contributed by atoms with van der Waals surface area (Å²) in [5, 5.41) is 21.6. The molecule has 0 unspecified atom stereocenters. The number of hydrogen-bond donors (Lipinski definition) is 2. The first-order valence-electron chi connectivity index (χ1n) is 7.30. The highest BCUT2D eigenvalue weighted by molar-refractivity contribution is 6.31. The van der Waals surface area contributed by atoms with Gasteiger partial charge in [0.05, 0.1) is 16.1 Å². The molecule has 0 aliphatic carbocycles. The van der Waals surface area contributed by atoms with Gasteiger partial charge in [0.15, 0.2) is 0 Å². The summed E-state index contributed by atoms with van der Waals surface area (Å²) in [6.45, 7) is 1.96. The van der Waals surface area contributed by atoms with Crippen LogP contribution >= 0.6 is 11.6 Å². The molecule has 0 bridgehead atoms. The Balaban J connectivity index is 1.77. The predicted molar refractivity (Wildman–Crippen MR) is 96.2 cm³/mol. The van der Waals surface area contributed by atoms with E-state index in [1.54, 1.807) is 16.8 Å². The van der Waals surface area contributed by atoms with Crippen LogP contribution in [0, 0.1) is 17.0 Å². The van der Waals surface area contributed by atoms with Crippen LogP contribution in [0.4, 0.5) is 21.9 Å². The lowest BCUT2D eigenvalue weighted by atomic mass is 10.2. The van der Waals surface area contributed by atoms with Crippen LogP contribution in [-0.4, -0.2) is 20.7 Å². The van der Waals surface area contributed by atoms with Crippen molar-refractivity contribution in [2.45, 2.75) is 6.92 Å². The van der Waals surface area contributed by atoms with Gasteiger partial charge in [0.25, 0.3) is 5.69 Å². The van der Waals surface area contributed by atoms with Crippen LogP contribution in [-0.2, 0) is 7.05 Å². The van der Waals surface area contributed by atoms with Crippen LogP contribution in [0.5, 0.6) is 0 Å². The molecule has 0 fully saturated rings. The van der Waals surface area contributed by atoms with Gasteiger partial charge >= 0.3 is 6.03 Å². The highest BCUT2D eigenvalue weighted by Gasteiger charge is 2.12. The molecule has 2 amide bonds. The summed E-state index contributed by atoms with van der Waals surface area (Å²) in [6, 6.07) is 8.72. The second kappa shape index (κ2) is 6.40. The Morgan fingerprint density at radius 1 is 1.20 bits per heavy atom. The zero-order valence-electron chi connectivity index (χ0n) is 13.4. The molecule has 128 valence electrons. The molecule has 0 atom stereocenters. The number of nitro benzene ring substituents is 1. The Morgan fingerprint density at radius 3 is 2.64 bits per heavy atom. The molecule has 3 aromatic rings. The van der Waals surface area contributed by atoms with Gasteiger partial charge in [0, 0.05) is 41.0 Å². The van der Waals surface area contributed by atoms with E-state index in [0.29, 0.717) is 5.69 Å². The van der Waals surface area contributed by atoms with Crippen LogP contribution in [0.2, 0.25) is 5.02 Å². The summed E-state index contributed by atoms with van der Waals surface area (Å²) < 4.78 is 1.76. The van der Waals surface area contributed by atoms with E-state index < -0.39 is 11.0 Å². The lowest BCUT2D eigenvalue weighted by Crippen LogP contribution is -2.19. The van der Waals surface area contributed by atoms with E-state index in [1.165, 1.54) is 18.2 Å². The van der Waals surface area contributed by atoms with Crippen molar-refractivity contribution >= 4 is 45.6 Å². The number of hydrogen-bond acceptors (Lipinski definition) is 4. The topological polar surface area (TPSA) is 102 Å². The number of nitro groups is 1. The van der Waals surface area contributed by atoms with Crippen LogP contribution < -0.4 is 10.6 Å². The maximum Gasteiger partial charge on any atom is 0.323 e. The molecule has 1 heterocycles. The molecule has 0 radical (unpaired) electrons. The number of anilines is 2. The van der Waals surface area contributed by atoms with Crippen LogP contribution in [0.1, 0.15) is 5.69 Å². The van der Waals surface area contributed by atoms with E-state index >= 15 is 0 Å². The number of fused-ring (bicyclic) bond motifs is 1. The van der Waals surface area contributed by atoms with Gasteiger partial charge in [0.2, 0.25) is 0 Å². The molecule has 2 aromatic carbocycles. The normalized spacial score (nSPS) is 10.7. The van der Waals surface area contributed by atoms with E-state index in [-0.39, 0.29) is 16.4 Å². The summed E-state index contributed by atoms with van der Waals surface area (Å²) in [5.41, 5.74) is 2.37. The van der Waals surface area contributed by atoms with Crippen molar-refractivity contribution < 1.29 is 9.72 Å². The number of aryl methyl sites for hydroxylation is 2. The predicted octanol–water partition coefficient (Wildman–Crippen LogP) is 4.09. The van der Waals surface area contributed by atoms with Crippen LogP contribution in [0.15, 0.2) is 36.4 Å². The average molecular weight is 360 g/mol. The molecule has 0 aliphatic rings. The van der Waals surface area contributed by atoms with Crippen molar-refractivity contribution in [2.24, 2.45) is 7.05 Å². The SMILES string of the molecule is Cc1c2ccc(NC(=O)Nc3cc(Cl)cc([N+](=O)[O-])c3)cc2nn1C. The first-order chi connectivity index (χ1) is 11.8. The Hall–Kier alpha value is -3.13. The van der Waals surface area contributed by atoms with E-state index in [1.807, 2.05) is 20.0 Å². The maximum atomic E-state index is 12.1. The minimum atomic E-state index is -0.577. The minimum absolute atomic E-state index is 0.162. The van der Waals surface area contributed by atoms with Gasteiger partial charge in [-0.25, -0.2) is 4.79 Å². The van der Waals surface area contributed by atoms with Gasteiger partial charge < -0.3 is 10.6 Å². The molecule has 0 saturated carbocycles. The lowest BCUT2D eigenvalue weighted by Gasteiger charge is -2.08. The number of aromatic nitrogens is 2. The molecule has 3 rings (SSSR count). The highest BCUT2D eigenvalue weighted by atomic mass is 35.5. The Kier molecular flexibility index (Phi) is 4.28. The Morgan fingerprint density at radius 2 is 1.92 bits per heavy atom. The smallest absolute Gasteiger partial charge is 0.308 e. The van der Waals surface area contributed by atoms with Gasteiger partial charge in [-0.05, 0) is 31.2 Å². The summed E-state index contributed by atoms with van der Waals surface area (Å²) >= 11 is 5.83. The average Bonchev–Trinajstić information content (AvgIpc) is 2.80.